The summed E-state index contributed by atoms with van der Waals surface area (Å²) in [5.74, 6) is 0.781. The van der Waals surface area contributed by atoms with Crippen LogP contribution in [0.15, 0.2) is 16.9 Å². The number of ether oxygens (including phenoxy) is 1. The van der Waals surface area contributed by atoms with E-state index in [1.165, 1.54) is 6.20 Å². The molecule has 146 valence electrons. The molecule has 0 unspecified atom stereocenters. The van der Waals surface area contributed by atoms with Crippen molar-refractivity contribution in [2.75, 3.05) is 13.7 Å². The Balaban J connectivity index is 1.51. The van der Waals surface area contributed by atoms with Crippen LogP contribution in [0.3, 0.4) is 0 Å². The van der Waals surface area contributed by atoms with Crippen molar-refractivity contribution < 1.29 is 18.8 Å². The van der Waals surface area contributed by atoms with Crippen molar-refractivity contribution in [1.82, 2.24) is 30.7 Å². The van der Waals surface area contributed by atoms with Gasteiger partial charge in [0.2, 0.25) is 11.8 Å². The number of aryl methyl sites for hydroxylation is 1. The Morgan fingerprint density at radius 1 is 1.41 bits per heavy atom. The Labute approximate surface area is 156 Å². The van der Waals surface area contributed by atoms with Crippen LogP contribution in [0.1, 0.15) is 41.6 Å². The van der Waals surface area contributed by atoms with Crippen LogP contribution < -0.4 is 10.6 Å². The van der Waals surface area contributed by atoms with Gasteiger partial charge in [0.25, 0.3) is 5.91 Å². The highest BCUT2D eigenvalue weighted by Gasteiger charge is 2.35. The molecule has 0 aromatic carbocycles. The zero-order valence-corrected chi connectivity index (χ0v) is 15.4. The first kappa shape index (κ1) is 19.0. The molecule has 3 N–H and O–H groups in total. The molecule has 27 heavy (non-hydrogen) atoms. The minimum Gasteiger partial charge on any atom is -0.379 e. The van der Waals surface area contributed by atoms with Crippen molar-refractivity contribution in [2.45, 2.75) is 44.8 Å². The number of aromatic nitrogens is 4. The van der Waals surface area contributed by atoms with Gasteiger partial charge in [-0.3, -0.25) is 9.59 Å². The lowest BCUT2D eigenvalue weighted by atomic mass is 9.83. The van der Waals surface area contributed by atoms with E-state index in [0.717, 1.165) is 0 Å². The molecule has 0 aliphatic heterocycles. The third kappa shape index (κ3) is 4.91. The molecule has 2 aromatic heterocycles. The molecule has 1 fully saturated rings. The van der Waals surface area contributed by atoms with E-state index in [1.807, 2.05) is 0 Å². The van der Waals surface area contributed by atoms with Crippen LogP contribution in [0.4, 0.5) is 0 Å². The van der Waals surface area contributed by atoms with Crippen LogP contribution in [0, 0.1) is 12.8 Å². The number of amides is 2. The molecule has 2 amide bonds. The maximum Gasteiger partial charge on any atom is 0.287 e. The van der Waals surface area contributed by atoms with Gasteiger partial charge in [-0.25, -0.2) is 4.98 Å². The minimum atomic E-state index is -0.305. The quantitative estimate of drug-likeness (QED) is 0.635. The van der Waals surface area contributed by atoms with Gasteiger partial charge in [-0.15, -0.1) is 0 Å². The third-order valence-corrected chi connectivity index (χ3v) is 4.71. The summed E-state index contributed by atoms with van der Waals surface area (Å²) in [5, 5.41) is 9.64. The van der Waals surface area contributed by atoms with Crippen molar-refractivity contribution in [1.29, 1.82) is 0 Å². The van der Waals surface area contributed by atoms with Crippen LogP contribution in [-0.4, -0.2) is 57.7 Å². The monoisotopic (exact) mass is 376 g/mol. The summed E-state index contributed by atoms with van der Waals surface area (Å²) in [7, 11) is 1.62. The highest BCUT2D eigenvalue weighted by Crippen LogP contribution is 2.27. The second-order valence-electron chi connectivity index (χ2n) is 6.57. The maximum absolute atomic E-state index is 12.5. The number of carbonyl (C=O) groups is 2. The number of hydrogen-bond acceptors (Lipinski definition) is 7. The number of hydrogen-bond donors (Lipinski definition) is 3. The third-order valence-electron chi connectivity index (χ3n) is 4.71. The van der Waals surface area contributed by atoms with Gasteiger partial charge in [-0.1, -0.05) is 5.16 Å². The van der Waals surface area contributed by atoms with Gasteiger partial charge >= 0.3 is 0 Å². The van der Waals surface area contributed by atoms with E-state index in [2.05, 4.69) is 30.7 Å². The van der Waals surface area contributed by atoms with Crippen LogP contribution in [-0.2, 0) is 16.0 Å². The van der Waals surface area contributed by atoms with Crippen LogP contribution in [0.25, 0.3) is 0 Å². The molecule has 10 heteroatoms. The summed E-state index contributed by atoms with van der Waals surface area (Å²) in [5.41, 5.74) is 0. The van der Waals surface area contributed by atoms with Gasteiger partial charge in [0, 0.05) is 45.3 Å². The lowest BCUT2D eigenvalue weighted by Gasteiger charge is -2.35. The molecule has 1 aliphatic rings. The molecule has 10 nitrogen and oxygen atoms in total. The Kier molecular flexibility index (Phi) is 6.17. The summed E-state index contributed by atoms with van der Waals surface area (Å²) in [6, 6.07) is -0.253. The molecule has 3 atom stereocenters. The number of H-pyrrole nitrogens is 1. The van der Waals surface area contributed by atoms with E-state index in [1.54, 1.807) is 20.2 Å². The molecular weight excluding hydrogens is 352 g/mol. The lowest BCUT2D eigenvalue weighted by Crippen LogP contribution is -2.50. The van der Waals surface area contributed by atoms with Crippen molar-refractivity contribution in [3.63, 3.8) is 0 Å². The molecule has 2 heterocycles. The number of nitrogens with zero attached hydrogens (tertiary/aromatic N) is 3. The molecule has 2 aromatic rings. The van der Waals surface area contributed by atoms with Crippen molar-refractivity contribution in [3.05, 3.63) is 29.9 Å². The molecule has 1 saturated carbocycles. The molecule has 3 rings (SSSR count). The van der Waals surface area contributed by atoms with E-state index >= 15 is 0 Å². The Morgan fingerprint density at radius 3 is 2.93 bits per heavy atom. The lowest BCUT2D eigenvalue weighted by molar-refractivity contribution is -0.127. The maximum atomic E-state index is 12.5. The largest absolute Gasteiger partial charge is 0.379 e. The zero-order chi connectivity index (χ0) is 19.2. The molecule has 0 saturated heterocycles. The normalized spacial score (nSPS) is 22.4. The Hall–Kier alpha value is -2.75. The highest BCUT2D eigenvalue weighted by molar-refractivity contribution is 5.90. The second kappa shape index (κ2) is 8.76. The number of imidazole rings is 1. The van der Waals surface area contributed by atoms with E-state index in [-0.39, 0.29) is 35.7 Å². The number of nitrogens with one attached hydrogen (secondary N) is 3. The van der Waals surface area contributed by atoms with E-state index < -0.39 is 0 Å². The topological polar surface area (TPSA) is 135 Å². The number of methoxy groups -OCH3 is 1. The van der Waals surface area contributed by atoms with Crippen LogP contribution in [0.2, 0.25) is 0 Å². The van der Waals surface area contributed by atoms with Gasteiger partial charge in [0.1, 0.15) is 0 Å². The first-order chi connectivity index (χ1) is 13.1. The summed E-state index contributed by atoms with van der Waals surface area (Å²) in [6.45, 7) is 2.16. The summed E-state index contributed by atoms with van der Waals surface area (Å²) in [6.07, 6.45) is 5.40. The molecule has 0 radical (unpaired) electrons. The van der Waals surface area contributed by atoms with Gasteiger partial charge in [-0.05, 0) is 19.3 Å². The fraction of sp³-hybridized carbons (Fsp3) is 0.588. The molecule has 0 spiro atoms. The standard InChI is InChI=1S/C17H24N6O4/c1-10-21-14(23-27-10)5-6-20-16(24)11-3-4-13(26-2)12(9-11)22-17(25)15-18-7-8-19-15/h7-8,11-13H,3-6,9H2,1-2H3,(H,18,19)(H,20,24)(H,22,25)/t11-,12+,13+/m0/s1. The van der Waals surface area contributed by atoms with Crippen LogP contribution in [0.5, 0.6) is 0 Å². The second-order valence-corrected chi connectivity index (χ2v) is 6.57. The number of aromatic amines is 1. The predicted molar refractivity (Wildman–Crippen MR) is 93.7 cm³/mol. The van der Waals surface area contributed by atoms with Crippen molar-refractivity contribution in [3.8, 4) is 0 Å². The first-order valence-electron chi connectivity index (χ1n) is 8.96. The van der Waals surface area contributed by atoms with Gasteiger partial charge < -0.3 is 24.9 Å². The Morgan fingerprint density at radius 2 is 2.26 bits per heavy atom. The van der Waals surface area contributed by atoms with Gasteiger partial charge in [0.05, 0.1) is 12.1 Å². The highest BCUT2D eigenvalue weighted by atomic mass is 16.5. The Bertz CT molecular complexity index is 759. The molecular formula is C17H24N6O4. The van der Waals surface area contributed by atoms with Crippen molar-refractivity contribution >= 4 is 11.8 Å². The SMILES string of the molecule is CO[C@@H]1CC[C@H](C(=O)NCCc2noc(C)n2)C[C@H]1NC(=O)c1ncc[nH]1. The summed E-state index contributed by atoms with van der Waals surface area (Å²) >= 11 is 0. The van der Waals surface area contributed by atoms with Crippen molar-refractivity contribution in [2.24, 2.45) is 5.92 Å². The van der Waals surface area contributed by atoms with Crippen LogP contribution >= 0.6 is 0 Å². The molecule has 0 bridgehead atoms. The van der Waals surface area contributed by atoms with E-state index in [0.29, 0.717) is 43.9 Å². The number of rotatable bonds is 7. The fourth-order valence-corrected chi connectivity index (χ4v) is 3.33. The smallest absolute Gasteiger partial charge is 0.287 e. The minimum absolute atomic E-state index is 0.0398. The first-order valence-corrected chi connectivity index (χ1v) is 8.96. The zero-order valence-electron chi connectivity index (χ0n) is 15.4. The molecule has 1 aliphatic carbocycles. The van der Waals surface area contributed by atoms with E-state index in [4.69, 9.17) is 9.26 Å². The average molecular weight is 376 g/mol. The number of carbonyl (C=O) groups excluding carboxylic acids is 2. The van der Waals surface area contributed by atoms with Gasteiger partial charge in [-0.2, -0.15) is 4.98 Å². The fourth-order valence-electron chi connectivity index (χ4n) is 3.33. The predicted octanol–water partition coefficient (Wildman–Crippen LogP) is 0.374. The summed E-state index contributed by atoms with van der Waals surface area (Å²) < 4.78 is 10.4. The van der Waals surface area contributed by atoms with Gasteiger partial charge in [0.15, 0.2) is 11.6 Å². The van der Waals surface area contributed by atoms with E-state index in [9.17, 15) is 9.59 Å². The summed E-state index contributed by atoms with van der Waals surface area (Å²) in [4.78, 5) is 35.6. The average Bonchev–Trinajstić information content (AvgIpc) is 3.33.